The predicted octanol–water partition coefficient (Wildman–Crippen LogP) is 4.07. The van der Waals surface area contributed by atoms with Crippen molar-refractivity contribution in [3.63, 3.8) is 0 Å². The number of methoxy groups -OCH3 is 1. The Morgan fingerprint density at radius 1 is 1.32 bits per heavy atom. The number of nitrogens with one attached hydrogen (secondary N) is 2. The van der Waals surface area contributed by atoms with Crippen LogP contribution in [0.1, 0.15) is 56.1 Å². The first-order valence-electron chi connectivity index (χ1n) is 11.2. The summed E-state index contributed by atoms with van der Waals surface area (Å²) in [7, 11) is 1.36. The van der Waals surface area contributed by atoms with Crippen molar-refractivity contribution < 1.29 is 9.53 Å². The van der Waals surface area contributed by atoms with Crippen LogP contribution in [-0.4, -0.2) is 60.9 Å². The third kappa shape index (κ3) is 4.98. The SMILES string of the molecule is C=C/C(=C\C)Nc1nc(C(=O)OC)cc(N2CCN(C(C)C)CC2)c1C(=N)C1CCC1. The van der Waals surface area contributed by atoms with Crippen LogP contribution < -0.4 is 10.2 Å². The van der Waals surface area contributed by atoms with E-state index in [-0.39, 0.29) is 11.6 Å². The Labute approximate surface area is 185 Å². The van der Waals surface area contributed by atoms with Crippen LogP contribution in [0.4, 0.5) is 11.5 Å². The summed E-state index contributed by atoms with van der Waals surface area (Å²) < 4.78 is 4.98. The highest BCUT2D eigenvalue weighted by Crippen LogP contribution is 2.37. The molecule has 0 aromatic carbocycles. The molecule has 7 heteroatoms. The van der Waals surface area contributed by atoms with E-state index in [1.54, 1.807) is 12.1 Å². The van der Waals surface area contributed by atoms with E-state index in [4.69, 9.17) is 10.1 Å². The van der Waals surface area contributed by atoms with Gasteiger partial charge in [0.25, 0.3) is 0 Å². The molecule has 1 aliphatic carbocycles. The number of nitrogens with zero attached hydrogens (tertiary/aromatic N) is 3. The number of pyridine rings is 1. The molecule has 0 unspecified atom stereocenters. The van der Waals surface area contributed by atoms with Crippen LogP contribution in [0.2, 0.25) is 0 Å². The van der Waals surface area contributed by atoms with E-state index >= 15 is 0 Å². The molecule has 7 nitrogen and oxygen atoms in total. The number of piperazine rings is 1. The molecule has 0 bridgehead atoms. The van der Waals surface area contributed by atoms with E-state index < -0.39 is 5.97 Å². The summed E-state index contributed by atoms with van der Waals surface area (Å²) in [5.41, 5.74) is 3.30. The molecule has 0 amide bonds. The lowest BCUT2D eigenvalue weighted by molar-refractivity contribution is 0.0594. The molecule has 168 valence electrons. The topological polar surface area (TPSA) is 81.6 Å². The number of hydrogen-bond acceptors (Lipinski definition) is 7. The Balaban J connectivity index is 2.09. The first-order chi connectivity index (χ1) is 14.9. The summed E-state index contributed by atoms with van der Waals surface area (Å²) >= 11 is 0. The molecule has 0 atom stereocenters. The van der Waals surface area contributed by atoms with Crippen LogP contribution in [0, 0.1) is 11.3 Å². The van der Waals surface area contributed by atoms with Gasteiger partial charge >= 0.3 is 5.97 Å². The zero-order chi connectivity index (χ0) is 22.5. The second kappa shape index (κ2) is 10.1. The van der Waals surface area contributed by atoms with Crippen LogP contribution in [-0.2, 0) is 4.74 Å². The third-order valence-corrected chi connectivity index (χ3v) is 6.35. The van der Waals surface area contributed by atoms with Gasteiger partial charge in [-0.05, 0) is 45.8 Å². The number of rotatable bonds is 8. The van der Waals surface area contributed by atoms with Gasteiger partial charge in [-0.2, -0.15) is 0 Å². The van der Waals surface area contributed by atoms with Crippen LogP contribution in [0.5, 0.6) is 0 Å². The van der Waals surface area contributed by atoms with Gasteiger partial charge in [-0.25, -0.2) is 9.78 Å². The molecule has 0 radical (unpaired) electrons. The maximum absolute atomic E-state index is 12.4. The normalized spacial score (nSPS) is 18.0. The molecule has 1 saturated carbocycles. The highest BCUT2D eigenvalue weighted by molar-refractivity contribution is 6.10. The lowest BCUT2D eigenvalue weighted by atomic mass is 9.79. The number of carbonyl (C=O) groups excluding carboxylic acids is 1. The molecule has 1 aliphatic heterocycles. The largest absolute Gasteiger partial charge is 0.464 e. The minimum atomic E-state index is -0.479. The predicted molar refractivity (Wildman–Crippen MR) is 126 cm³/mol. The first-order valence-corrected chi connectivity index (χ1v) is 11.2. The van der Waals surface area contributed by atoms with Crippen LogP contribution >= 0.6 is 0 Å². The highest BCUT2D eigenvalue weighted by atomic mass is 16.5. The highest BCUT2D eigenvalue weighted by Gasteiger charge is 2.31. The third-order valence-electron chi connectivity index (χ3n) is 6.35. The molecule has 1 aromatic rings. The Bertz CT molecular complexity index is 865. The Hall–Kier alpha value is -2.67. The Kier molecular flexibility index (Phi) is 7.49. The van der Waals surface area contributed by atoms with Gasteiger partial charge in [-0.15, -0.1) is 0 Å². The van der Waals surface area contributed by atoms with Crippen molar-refractivity contribution in [2.75, 3.05) is 43.5 Å². The van der Waals surface area contributed by atoms with Gasteiger partial charge in [-0.3, -0.25) is 4.90 Å². The maximum Gasteiger partial charge on any atom is 0.356 e. The number of anilines is 2. The van der Waals surface area contributed by atoms with Gasteiger partial charge in [0.05, 0.1) is 18.4 Å². The van der Waals surface area contributed by atoms with Crippen molar-refractivity contribution in [2.24, 2.45) is 5.92 Å². The zero-order valence-electron chi connectivity index (χ0n) is 19.2. The number of carbonyl (C=O) groups is 1. The van der Waals surface area contributed by atoms with Crippen molar-refractivity contribution in [1.82, 2.24) is 9.88 Å². The van der Waals surface area contributed by atoms with Gasteiger partial charge in [0.2, 0.25) is 0 Å². The van der Waals surface area contributed by atoms with E-state index in [2.05, 4.69) is 40.5 Å². The maximum atomic E-state index is 12.4. The smallest absolute Gasteiger partial charge is 0.356 e. The Morgan fingerprint density at radius 2 is 2.00 bits per heavy atom. The average molecular weight is 426 g/mol. The fraction of sp³-hybridized carbons (Fsp3) is 0.542. The monoisotopic (exact) mass is 425 g/mol. The van der Waals surface area contributed by atoms with Gasteiger partial charge in [0.15, 0.2) is 5.69 Å². The van der Waals surface area contributed by atoms with Gasteiger partial charge in [0.1, 0.15) is 5.82 Å². The molecule has 0 spiro atoms. The minimum absolute atomic E-state index is 0.236. The van der Waals surface area contributed by atoms with Gasteiger partial charge < -0.3 is 20.4 Å². The molecule has 2 heterocycles. The lowest BCUT2D eigenvalue weighted by Crippen LogP contribution is -2.49. The van der Waals surface area contributed by atoms with Crippen molar-refractivity contribution >= 4 is 23.2 Å². The number of allylic oxidation sites excluding steroid dienone is 2. The van der Waals surface area contributed by atoms with E-state index in [1.165, 1.54) is 7.11 Å². The second-order valence-electron chi connectivity index (χ2n) is 8.47. The molecular formula is C24H35N5O2. The molecule has 31 heavy (non-hydrogen) atoms. The van der Waals surface area contributed by atoms with Gasteiger partial charge in [0, 0.05) is 49.5 Å². The van der Waals surface area contributed by atoms with E-state index in [1.807, 2.05) is 13.0 Å². The standard InChI is InChI=1S/C24H35N5O2/c1-6-18(7-2)26-23-21(22(25)17-9-8-10-17)20(15-19(27-23)24(30)31-5)29-13-11-28(12-14-29)16(3)4/h6-7,15-17,25H,1,8-14H2,2-5H3,(H,26,27)/b18-7+,25-22?. The molecule has 1 aromatic heterocycles. The number of ether oxygens (including phenoxy) is 1. The van der Waals surface area contributed by atoms with Crippen LogP contribution in [0.25, 0.3) is 0 Å². The summed E-state index contributed by atoms with van der Waals surface area (Å²) in [6, 6.07) is 2.30. The Morgan fingerprint density at radius 3 is 2.48 bits per heavy atom. The summed E-state index contributed by atoms with van der Waals surface area (Å²) in [6.07, 6.45) is 6.81. The van der Waals surface area contributed by atoms with Gasteiger partial charge in [-0.1, -0.05) is 19.1 Å². The average Bonchev–Trinajstić information content (AvgIpc) is 2.74. The van der Waals surface area contributed by atoms with E-state index in [0.29, 0.717) is 17.6 Å². The van der Waals surface area contributed by atoms with Crippen LogP contribution in [0.15, 0.2) is 30.5 Å². The summed E-state index contributed by atoms with van der Waals surface area (Å²) in [5.74, 6) is 0.279. The fourth-order valence-corrected chi connectivity index (χ4v) is 4.10. The zero-order valence-corrected chi connectivity index (χ0v) is 19.2. The summed E-state index contributed by atoms with van der Waals surface area (Å²) in [5, 5.41) is 12.3. The lowest BCUT2D eigenvalue weighted by Gasteiger charge is -2.39. The molecule has 2 N–H and O–H groups in total. The number of hydrogen-bond donors (Lipinski definition) is 2. The molecular weight excluding hydrogens is 390 g/mol. The molecule has 2 fully saturated rings. The number of aromatic nitrogens is 1. The summed E-state index contributed by atoms with van der Waals surface area (Å²) in [6.45, 7) is 13.8. The van der Waals surface area contributed by atoms with E-state index in [9.17, 15) is 4.79 Å². The minimum Gasteiger partial charge on any atom is -0.464 e. The first kappa shape index (κ1) is 23.0. The molecule has 1 saturated heterocycles. The number of esters is 1. The molecule has 2 aliphatic rings. The molecule has 3 rings (SSSR count). The van der Waals surface area contributed by atoms with Crippen molar-refractivity contribution in [3.8, 4) is 0 Å². The van der Waals surface area contributed by atoms with Crippen molar-refractivity contribution in [3.05, 3.63) is 41.8 Å². The summed E-state index contributed by atoms with van der Waals surface area (Å²) in [4.78, 5) is 21.7. The quantitative estimate of drug-likeness (QED) is 0.371. The van der Waals surface area contributed by atoms with Crippen molar-refractivity contribution in [1.29, 1.82) is 5.41 Å². The van der Waals surface area contributed by atoms with E-state index in [0.717, 1.165) is 62.4 Å². The second-order valence-corrected chi connectivity index (χ2v) is 8.47. The van der Waals surface area contributed by atoms with Crippen LogP contribution in [0.3, 0.4) is 0 Å². The van der Waals surface area contributed by atoms with Crippen molar-refractivity contribution in [2.45, 2.75) is 46.1 Å². The fourth-order valence-electron chi connectivity index (χ4n) is 4.10.